The van der Waals surface area contributed by atoms with Crippen molar-refractivity contribution in [2.75, 3.05) is 12.3 Å². The van der Waals surface area contributed by atoms with Crippen molar-refractivity contribution < 1.29 is 66.8 Å². The van der Waals surface area contributed by atoms with E-state index in [2.05, 4.69) is 28.1 Å². The molecule has 191 valence electrons. The number of nitrogens with one attached hydrogen (secondary N) is 1. The van der Waals surface area contributed by atoms with E-state index in [1.807, 2.05) is 0 Å². The van der Waals surface area contributed by atoms with Crippen LogP contribution in [0.1, 0.15) is 6.23 Å². The van der Waals surface area contributed by atoms with Gasteiger partial charge in [0, 0.05) is 88.7 Å². The van der Waals surface area contributed by atoms with Crippen molar-refractivity contribution >= 4 is 129 Å². The molecular formula is C10H18N5Na3O15P3. The van der Waals surface area contributed by atoms with Crippen LogP contribution < -0.4 is 11.3 Å². The molecule has 1 aliphatic heterocycles. The van der Waals surface area contributed by atoms with E-state index in [4.69, 9.17) is 25.2 Å². The molecular weight excluding hydrogens is 592 g/mol. The fourth-order valence-electron chi connectivity index (χ4n) is 2.70. The normalized spacial score (nSPS) is 24.8. The van der Waals surface area contributed by atoms with Crippen molar-refractivity contribution in [3.05, 3.63) is 16.7 Å². The number of rotatable bonds is 8. The van der Waals surface area contributed by atoms with Crippen LogP contribution in [-0.4, -0.2) is 168 Å². The molecule has 1 fully saturated rings. The number of H-pyrrole nitrogens is 1. The van der Waals surface area contributed by atoms with Crippen LogP contribution in [0.3, 0.4) is 0 Å². The molecule has 0 bridgehead atoms. The predicted octanol–water partition coefficient (Wildman–Crippen LogP) is -4.30. The Morgan fingerprint density at radius 3 is 2.19 bits per heavy atom. The van der Waals surface area contributed by atoms with Crippen LogP contribution in [0.5, 0.6) is 0 Å². The number of aliphatic hydroxyl groups is 2. The van der Waals surface area contributed by atoms with Gasteiger partial charge in [-0.1, -0.05) is 0 Å². The van der Waals surface area contributed by atoms with Crippen LogP contribution in [0.2, 0.25) is 0 Å². The molecule has 2 aromatic rings. The van der Waals surface area contributed by atoms with Crippen LogP contribution in [0.25, 0.3) is 11.2 Å². The van der Waals surface area contributed by atoms with E-state index in [1.165, 1.54) is 0 Å². The number of nitrogens with two attached hydrogens (primary N) is 1. The Morgan fingerprint density at radius 1 is 1.06 bits per heavy atom. The maximum Gasteiger partial charge on any atom is 0.490 e. The van der Waals surface area contributed by atoms with E-state index >= 15 is 0 Å². The van der Waals surface area contributed by atoms with E-state index in [0.717, 1.165) is 10.9 Å². The second-order valence-electron chi connectivity index (χ2n) is 6.21. The van der Waals surface area contributed by atoms with Crippen LogP contribution in [0.15, 0.2) is 11.1 Å². The van der Waals surface area contributed by atoms with Crippen molar-refractivity contribution in [3.8, 4) is 0 Å². The zero-order chi connectivity index (χ0) is 24.1. The third kappa shape index (κ3) is 10.1. The molecule has 11 N–H and O–H groups in total. The number of aliphatic hydroxyl groups excluding tert-OH is 2. The maximum absolute atomic E-state index is 11.9. The third-order valence-electron chi connectivity index (χ3n) is 3.88. The van der Waals surface area contributed by atoms with Gasteiger partial charge in [-0.2, -0.15) is 13.6 Å². The molecule has 3 heterocycles. The largest absolute Gasteiger partial charge is 0.490 e. The summed E-state index contributed by atoms with van der Waals surface area (Å²) in [5.74, 6) is -0.276. The molecule has 0 spiro atoms. The standard InChI is InChI=1S/C10H16N5O14P3.3Na.H2O/c11-10-13-7-4(8(18)14-10)12-2-15(7)9-6(17)5(16)3(27-9)1-26-31(22,23)29-32(24,25)28-30(19,20)21;;;;/h2-3,5-6,9,16-17H,1H2,(H,22,23)(H,24,25)(H2,19,20,21)(H3,11,13,14,18);;;;1H2/t3-,5-,6-,9-;;;;/m1..../s1. The van der Waals surface area contributed by atoms with Crippen LogP contribution in [0.4, 0.5) is 5.95 Å². The van der Waals surface area contributed by atoms with E-state index in [0.29, 0.717) is 0 Å². The molecule has 0 saturated carbocycles. The number of fused-ring (bicyclic) bond motifs is 1. The predicted molar refractivity (Wildman–Crippen MR) is 119 cm³/mol. The fourth-order valence-corrected chi connectivity index (χ4v) is 5.73. The summed E-state index contributed by atoms with van der Waals surface area (Å²) in [6.07, 6.45) is -5.33. The SMILES string of the molecule is Nc1nc2c(ncn2[C@@H]2O[C@H](COP(=O)(O)OP(=O)(O)OP(=O)(O)O)[C@@H](O)[C@H]2O)c(=O)[nH]1.O.[Na].[Na].[Na]. The molecule has 1 aliphatic rings. The van der Waals surface area contributed by atoms with Gasteiger partial charge in [0.15, 0.2) is 17.4 Å². The summed E-state index contributed by atoms with van der Waals surface area (Å²) in [7, 11) is -16.8. The van der Waals surface area contributed by atoms with Crippen LogP contribution in [-0.2, 0) is 31.6 Å². The molecule has 2 aromatic heterocycles. The van der Waals surface area contributed by atoms with E-state index in [9.17, 15) is 33.6 Å². The molecule has 0 amide bonds. The number of imidazole rings is 1. The Hall–Kier alpha value is 1.40. The number of nitrogens with zero attached hydrogens (tertiary/aromatic N) is 3. The van der Waals surface area contributed by atoms with Gasteiger partial charge in [-0.3, -0.25) is 18.9 Å². The first-order valence-electron chi connectivity index (χ1n) is 8.11. The first kappa shape index (κ1) is 39.5. The molecule has 36 heavy (non-hydrogen) atoms. The van der Waals surface area contributed by atoms with E-state index in [-0.39, 0.29) is 111 Å². The zero-order valence-corrected chi connectivity index (χ0v) is 27.5. The minimum Gasteiger partial charge on any atom is -0.412 e. The number of phosphoric acid groups is 3. The zero-order valence-electron chi connectivity index (χ0n) is 18.8. The summed E-state index contributed by atoms with van der Waals surface area (Å²) in [5.41, 5.74) is 4.50. The fraction of sp³-hybridized carbons (Fsp3) is 0.500. The molecule has 26 heteroatoms. The van der Waals surface area contributed by atoms with Gasteiger partial charge in [0.2, 0.25) is 5.95 Å². The Bertz CT molecular complexity index is 1220. The van der Waals surface area contributed by atoms with Gasteiger partial charge in [-0.25, -0.2) is 18.7 Å². The average molecular weight is 610 g/mol. The molecule has 0 aliphatic carbocycles. The number of aromatic nitrogens is 4. The molecule has 3 radical (unpaired) electrons. The summed E-state index contributed by atoms with van der Waals surface area (Å²) in [5, 5.41) is 20.4. The number of hydrogen-bond donors (Lipinski definition) is 8. The minimum absolute atomic E-state index is 0. The summed E-state index contributed by atoms with van der Waals surface area (Å²) in [6.45, 7) is -1.01. The van der Waals surface area contributed by atoms with E-state index < -0.39 is 60.2 Å². The van der Waals surface area contributed by atoms with Gasteiger partial charge in [0.1, 0.15) is 18.3 Å². The van der Waals surface area contributed by atoms with Gasteiger partial charge >= 0.3 is 23.5 Å². The first-order valence-corrected chi connectivity index (χ1v) is 12.6. The molecule has 3 rings (SSSR count). The molecule has 6 atom stereocenters. The molecule has 2 unspecified atom stereocenters. The second-order valence-corrected chi connectivity index (χ2v) is 10.6. The van der Waals surface area contributed by atoms with Gasteiger partial charge < -0.3 is 45.7 Å². The maximum atomic E-state index is 11.9. The summed E-state index contributed by atoms with van der Waals surface area (Å²) < 4.78 is 51.6. The van der Waals surface area contributed by atoms with Crippen molar-refractivity contribution in [3.63, 3.8) is 0 Å². The van der Waals surface area contributed by atoms with Gasteiger partial charge in [-0.15, -0.1) is 0 Å². The van der Waals surface area contributed by atoms with Gasteiger partial charge in [0.25, 0.3) is 5.56 Å². The summed E-state index contributed by atoms with van der Waals surface area (Å²) in [6, 6.07) is 0. The summed E-state index contributed by atoms with van der Waals surface area (Å²) in [4.78, 5) is 57.3. The van der Waals surface area contributed by atoms with Crippen molar-refractivity contribution in [1.29, 1.82) is 0 Å². The van der Waals surface area contributed by atoms with E-state index in [1.54, 1.807) is 0 Å². The molecule has 20 nitrogen and oxygen atoms in total. The first-order chi connectivity index (χ1) is 14.6. The Labute approximate surface area is 266 Å². The number of anilines is 1. The number of nitrogen functional groups attached to an aromatic ring is 1. The number of phosphoric ester groups is 1. The Balaban J connectivity index is 0. The number of ether oxygens (including phenoxy) is 1. The second kappa shape index (κ2) is 14.9. The van der Waals surface area contributed by atoms with Gasteiger partial charge in [-0.05, 0) is 0 Å². The number of hydrogen-bond acceptors (Lipinski definition) is 13. The van der Waals surface area contributed by atoms with Crippen LogP contribution in [0, 0.1) is 0 Å². The Kier molecular flexibility index (Phi) is 16.3. The average Bonchev–Trinajstić information content (AvgIpc) is 3.12. The summed E-state index contributed by atoms with van der Waals surface area (Å²) >= 11 is 0. The monoisotopic (exact) mass is 610 g/mol. The minimum atomic E-state index is -5.73. The smallest absolute Gasteiger partial charge is 0.412 e. The molecule has 1 saturated heterocycles. The quantitative estimate of drug-likeness (QED) is 0.103. The molecule has 0 aromatic carbocycles. The number of aromatic amines is 1. The Morgan fingerprint density at radius 2 is 1.64 bits per heavy atom. The topological polar surface area (TPSA) is 331 Å². The van der Waals surface area contributed by atoms with Crippen molar-refractivity contribution in [1.82, 2.24) is 19.5 Å². The van der Waals surface area contributed by atoms with Crippen molar-refractivity contribution in [2.24, 2.45) is 0 Å². The van der Waals surface area contributed by atoms with Crippen LogP contribution >= 0.6 is 23.5 Å². The van der Waals surface area contributed by atoms with Gasteiger partial charge in [0.05, 0.1) is 12.9 Å². The van der Waals surface area contributed by atoms with Crippen molar-refractivity contribution in [2.45, 2.75) is 24.5 Å². The third-order valence-corrected chi connectivity index (χ3v) is 7.68.